The van der Waals surface area contributed by atoms with Gasteiger partial charge in [0.2, 0.25) is 0 Å². The molecule has 0 spiro atoms. The molecule has 0 aromatic heterocycles. The molecule has 1 aliphatic heterocycles. The maximum atomic E-state index is 11.2. The van der Waals surface area contributed by atoms with Gasteiger partial charge in [-0.3, -0.25) is 0 Å². The molecular formula is C11H10O3. The minimum atomic E-state index is -1.48. The predicted molar refractivity (Wildman–Crippen MR) is 50.3 cm³/mol. The third kappa shape index (κ3) is 1.54. The summed E-state index contributed by atoms with van der Waals surface area (Å²) in [4.78, 5) is 11.2. The Balaban J connectivity index is 2.19. The molecule has 0 aliphatic carbocycles. The minimum Gasteiger partial charge on any atom is -0.432 e. The zero-order valence-electron chi connectivity index (χ0n) is 7.51. The van der Waals surface area contributed by atoms with E-state index in [9.17, 15) is 9.90 Å². The molecule has 1 atom stereocenters. The number of rotatable bonds is 2. The second-order valence-electron chi connectivity index (χ2n) is 3.29. The van der Waals surface area contributed by atoms with Crippen LogP contribution in [-0.4, -0.2) is 16.7 Å². The first-order valence-electron chi connectivity index (χ1n) is 4.36. The summed E-state index contributed by atoms with van der Waals surface area (Å²) in [6, 6.07) is 9.33. The van der Waals surface area contributed by atoms with Gasteiger partial charge in [-0.05, 0) is 11.6 Å². The van der Waals surface area contributed by atoms with Gasteiger partial charge in [-0.1, -0.05) is 30.3 Å². The number of carbonyl (C=O) groups excluding carboxylic acids is 1. The molecule has 72 valence electrons. The maximum Gasteiger partial charge on any atom is 0.347 e. The fraction of sp³-hybridized carbons (Fsp3) is 0.182. The van der Waals surface area contributed by atoms with Gasteiger partial charge in [0.05, 0.1) is 6.26 Å². The van der Waals surface area contributed by atoms with Crippen LogP contribution >= 0.6 is 0 Å². The lowest BCUT2D eigenvalue weighted by atomic mass is 9.96. The molecule has 0 fully saturated rings. The molecule has 0 amide bonds. The maximum absolute atomic E-state index is 11.2. The SMILES string of the molecule is O=C1OC=CC1(O)Cc1ccccc1. The molecule has 1 N–H and O–H groups in total. The number of hydrogen-bond donors (Lipinski definition) is 1. The van der Waals surface area contributed by atoms with Crippen LogP contribution in [0.15, 0.2) is 42.7 Å². The standard InChI is InChI=1S/C11H10O3/c12-10-11(13,6-7-14-10)8-9-4-2-1-3-5-9/h1-7,13H,8H2. The predicted octanol–water partition coefficient (Wildman–Crippen LogP) is 1.03. The van der Waals surface area contributed by atoms with E-state index in [2.05, 4.69) is 4.74 Å². The average molecular weight is 190 g/mol. The van der Waals surface area contributed by atoms with E-state index < -0.39 is 11.6 Å². The molecule has 3 heteroatoms. The van der Waals surface area contributed by atoms with E-state index in [0.29, 0.717) is 0 Å². The van der Waals surface area contributed by atoms with Gasteiger partial charge < -0.3 is 9.84 Å². The highest BCUT2D eigenvalue weighted by molar-refractivity contribution is 5.84. The molecule has 0 saturated heterocycles. The number of ether oxygens (including phenoxy) is 1. The number of hydrogen-bond acceptors (Lipinski definition) is 3. The second-order valence-corrected chi connectivity index (χ2v) is 3.29. The van der Waals surface area contributed by atoms with Crippen LogP contribution < -0.4 is 0 Å². The molecule has 14 heavy (non-hydrogen) atoms. The first kappa shape index (κ1) is 8.97. The fourth-order valence-corrected chi connectivity index (χ4v) is 1.42. The van der Waals surface area contributed by atoms with Gasteiger partial charge >= 0.3 is 5.97 Å². The Kier molecular flexibility index (Phi) is 2.09. The van der Waals surface area contributed by atoms with Crippen molar-refractivity contribution in [2.45, 2.75) is 12.0 Å². The van der Waals surface area contributed by atoms with Crippen LogP contribution in [0.3, 0.4) is 0 Å². The second kappa shape index (κ2) is 3.27. The molecule has 1 heterocycles. The Morgan fingerprint density at radius 2 is 2.00 bits per heavy atom. The van der Waals surface area contributed by atoms with Gasteiger partial charge in [0.25, 0.3) is 0 Å². The summed E-state index contributed by atoms with van der Waals surface area (Å²) >= 11 is 0. The van der Waals surface area contributed by atoms with Crippen LogP contribution in [0.5, 0.6) is 0 Å². The van der Waals surface area contributed by atoms with Gasteiger partial charge in [0.1, 0.15) is 0 Å². The summed E-state index contributed by atoms with van der Waals surface area (Å²) in [5, 5.41) is 9.85. The van der Waals surface area contributed by atoms with Gasteiger partial charge in [0, 0.05) is 6.42 Å². The van der Waals surface area contributed by atoms with Crippen LogP contribution in [0.25, 0.3) is 0 Å². The minimum absolute atomic E-state index is 0.253. The van der Waals surface area contributed by atoms with E-state index in [4.69, 9.17) is 0 Å². The fourth-order valence-electron chi connectivity index (χ4n) is 1.42. The number of carbonyl (C=O) groups is 1. The van der Waals surface area contributed by atoms with Crippen molar-refractivity contribution in [1.29, 1.82) is 0 Å². The summed E-state index contributed by atoms with van der Waals surface area (Å²) in [6.45, 7) is 0. The smallest absolute Gasteiger partial charge is 0.347 e. The van der Waals surface area contributed by atoms with Gasteiger partial charge in [-0.2, -0.15) is 0 Å². The summed E-state index contributed by atoms with van der Waals surface area (Å²) in [7, 11) is 0. The van der Waals surface area contributed by atoms with Crippen LogP contribution in [0.4, 0.5) is 0 Å². The summed E-state index contributed by atoms with van der Waals surface area (Å²) < 4.78 is 4.57. The number of cyclic esters (lactones) is 1. The largest absolute Gasteiger partial charge is 0.432 e. The lowest BCUT2D eigenvalue weighted by Crippen LogP contribution is -2.36. The lowest BCUT2D eigenvalue weighted by Gasteiger charge is -2.15. The Morgan fingerprint density at radius 1 is 1.29 bits per heavy atom. The molecule has 0 radical (unpaired) electrons. The molecule has 1 aliphatic rings. The van der Waals surface area contributed by atoms with Gasteiger partial charge in [-0.15, -0.1) is 0 Å². The van der Waals surface area contributed by atoms with Crippen molar-refractivity contribution in [1.82, 2.24) is 0 Å². The van der Waals surface area contributed by atoms with E-state index in [1.807, 2.05) is 30.3 Å². The van der Waals surface area contributed by atoms with E-state index in [1.54, 1.807) is 0 Å². The number of esters is 1. The van der Waals surface area contributed by atoms with Crippen molar-refractivity contribution < 1.29 is 14.6 Å². The van der Waals surface area contributed by atoms with Crippen molar-refractivity contribution in [3.05, 3.63) is 48.2 Å². The number of benzene rings is 1. The molecule has 1 aromatic rings. The zero-order valence-corrected chi connectivity index (χ0v) is 7.51. The van der Waals surface area contributed by atoms with E-state index in [-0.39, 0.29) is 6.42 Å². The van der Waals surface area contributed by atoms with Gasteiger partial charge in [0.15, 0.2) is 5.60 Å². The van der Waals surface area contributed by atoms with Crippen molar-refractivity contribution in [2.75, 3.05) is 0 Å². The van der Waals surface area contributed by atoms with Gasteiger partial charge in [-0.25, -0.2) is 4.79 Å². The molecule has 0 bridgehead atoms. The van der Waals surface area contributed by atoms with Crippen molar-refractivity contribution in [3.8, 4) is 0 Å². The monoisotopic (exact) mass is 190 g/mol. The van der Waals surface area contributed by atoms with Crippen LogP contribution in [0.1, 0.15) is 5.56 Å². The average Bonchev–Trinajstić information content (AvgIpc) is 2.48. The highest BCUT2D eigenvalue weighted by Gasteiger charge is 2.38. The number of aliphatic hydroxyl groups is 1. The Bertz CT molecular complexity index is 369. The third-order valence-corrected chi connectivity index (χ3v) is 2.19. The van der Waals surface area contributed by atoms with Crippen LogP contribution in [0, 0.1) is 0 Å². The topological polar surface area (TPSA) is 46.5 Å². The lowest BCUT2D eigenvalue weighted by molar-refractivity contribution is -0.150. The quantitative estimate of drug-likeness (QED) is 0.708. The van der Waals surface area contributed by atoms with E-state index in [1.165, 1.54) is 12.3 Å². The molecular weight excluding hydrogens is 180 g/mol. The third-order valence-electron chi connectivity index (χ3n) is 2.19. The van der Waals surface area contributed by atoms with Crippen LogP contribution in [0.2, 0.25) is 0 Å². The van der Waals surface area contributed by atoms with Crippen molar-refractivity contribution in [2.24, 2.45) is 0 Å². The summed E-state index contributed by atoms with van der Waals surface area (Å²) in [6.07, 6.45) is 2.86. The zero-order chi connectivity index (χ0) is 10.0. The highest BCUT2D eigenvalue weighted by Crippen LogP contribution is 2.21. The van der Waals surface area contributed by atoms with E-state index >= 15 is 0 Å². The Morgan fingerprint density at radius 3 is 2.57 bits per heavy atom. The van der Waals surface area contributed by atoms with Crippen molar-refractivity contribution in [3.63, 3.8) is 0 Å². The Hall–Kier alpha value is -1.61. The van der Waals surface area contributed by atoms with E-state index in [0.717, 1.165) is 5.56 Å². The highest BCUT2D eigenvalue weighted by atomic mass is 16.6. The summed E-state index contributed by atoms with van der Waals surface area (Å²) in [5.74, 6) is -0.610. The normalized spacial score (nSPS) is 25.1. The molecule has 2 rings (SSSR count). The first-order valence-corrected chi connectivity index (χ1v) is 4.36. The molecule has 0 saturated carbocycles. The molecule has 1 unspecified atom stereocenters. The van der Waals surface area contributed by atoms with Crippen LogP contribution in [-0.2, 0) is 16.0 Å². The summed E-state index contributed by atoms with van der Waals surface area (Å²) in [5.41, 5.74) is -0.583. The van der Waals surface area contributed by atoms with Crippen molar-refractivity contribution >= 4 is 5.97 Å². The Labute approximate surface area is 81.6 Å². The molecule has 3 nitrogen and oxygen atoms in total. The molecule has 1 aromatic carbocycles. The first-order chi connectivity index (χ1) is 6.71.